The fourth-order valence-electron chi connectivity index (χ4n) is 3.70. The molecule has 4 nitrogen and oxygen atoms in total. The number of hydrogen-bond donors (Lipinski definition) is 0. The molecule has 0 amide bonds. The molecule has 1 aliphatic heterocycles. The second-order valence-electron chi connectivity index (χ2n) is 6.09. The molecule has 0 bridgehead atoms. The van der Waals surface area contributed by atoms with Gasteiger partial charge in [-0.1, -0.05) is 12.8 Å². The predicted octanol–water partition coefficient (Wildman–Crippen LogP) is 4.36. The van der Waals surface area contributed by atoms with Gasteiger partial charge in [-0.2, -0.15) is 0 Å². The number of nitro groups is 1. The first-order valence-corrected chi connectivity index (χ1v) is 8.36. The maximum absolute atomic E-state index is 10.9. The van der Waals surface area contributed by atoms with Crippen LogP contribution in [0.25, 0.3) is 0 Å². The fraction of sp³-hybridized carbons (Fsp3) is 0.600. The SMILES string of the molecule is O=[N+]([O-])c1ccc(N2CCC3(CCCC3)CC2)cc1I. The molecule has 2 aliphatic rings. The maximum atomic E-state index is 10.9. The highest BCUT2D eigenvalue weighted by Crippen LogP contribution is 2.46. The van der Waals surface area contributed by atoms with Gasteiger partial charge < -0.3 is 4.90 Å². The summed E-state index contributed by atoms with van der Waals surface area (Å²) < 4.78 is 0.728. The Labute approximate surface area is 132 Å². The first-order valence-electron chi connectivity index (χ1n) is 7.29. The zero-order chi connectivity index (χ0) is 14.2. The number of hydrogen-bond acceptors (Lipinski definition) is 3. The van der Waals surface area contributed by atoms with Crippen molar-refractivity contribution in [1.29, 1.82) is 0 Å². The molecule has 0 unspecified atom stereocenters. The molecule has 108 valence electrons. The number of rotatable bonds is 2. The summed E-state index contributed by atoms with van der Waals surface area (Å²) in [7, 11) is 0. The average Bonchev–Trinajstić information content (AvgIpc) is 2.87. The van der Waals surface area contributed by atoms with E-state index in [0.717, 1.165) is 22.3 Å². The Bertz CT molecular complexity index is 517. The minimum absolute atomic E-state index is 0.207. The molecule has 1 heterocycles. The van der Waals surface area contributed by atoms with E-state index in [-0.39, 0.29) is 10.6 Å². The van der Waals surface area contributed by atoms with Crippen molar-refractivity contribution >= 4 is 34.0 Å². The van der Waals surface area contributed by atoms with Crippen LogP contribution in [0.1, 0.15) is 38.5 Å². The predicted molar refractivity (Wildman–Crippen MR) is 88.2 cm³/mol. The second kappa shape index (κ2) is 5.50. The summed E-state index contributed by atoms with van der Waals surface area (Å²) in [6, 6.07) is 5.48. The van der Waals surface area contributed by atoms with Gasteiger partial charge in [-0.25, -0.2) is 0 Å². The van der Waals surface area contributed by atoms with Crippen molar-refractivity contribution < 1.29 is 4.92 Å². The normalized spacial score (nSPS) is 21.4. The Hall–Kier alpha value is -0.850. The molecular weight excluding hydrogens is 367 g/mol. The van der Waals surface area contributed by atoms with Crippen LogP contribution in [0, 0.1) is 19.1 Å². The highest BCUT2D eigenvalue weighted by molar-refractivity contribution is 14.1. The van der Waals surface area contributed by atoms with Crippen molar-refractivity contribution in [2.24, 2.45) is 5.41 Å². The molecule has 1 saturated heterocycles. The topological polar surface area (TPSA) is 46.4 Å². The Morgan fingerprint density at radius 2 is 1.80 bits per heavy atom. The third-order valence-electron chi connectivity index (χ3n) is 4.98. The van der Waals surface area contributed by atoms with Gasteiger partial charge in [-0.15, -0.1) is 0 Å². The van der Waals surface area contributed by atoms with E-state index in [1.165, 1.54) is 38.5 Å². The molecule has 0 atom stereocenters. The van der Waals surface area contributed by atoms with E-state index in [0.29, 0.717) is 5.41 Å². The van der Waals surface area contributed by atoms with Gasteiger partial charge in [0.1, 0.15) is 0 Å². The first kappa shape index (κ1) is 14.1. The molecular formula is C15H19IN2O2. The fourth-order valence-corrected chi connectivity index (χ4v) is 4.40. The number of nitro benzene ring substituents is 1. The number of anilines is 1. The van der Waals surface area contributed by atoms with Crippen molar-refractivity contribution in [1.82, 2.24) is 0 Å². The number of nitrogens with zero attached hydrogens (tertiary/aromatic N) is 2. The van der Waals surface area contributed by atoms with Crippen LogP contribution in [0.2, 0.25) is 0 Å². The minimum atomic E-state index is -0.310. The first-order chi connectivity index (χ1) is 9.60. The molecule has 0 N–H and O–H groups in total. The summed E-state index contributed by atoms with van der Waals surface area (Å²) in [5.41, 5.74) is 1.95. The van der Waals surface area contributed by atoms with Gasteiger partial charge in [-0.05, 0) is 65.8 Å². The quantitative estimate of drug-likeness (QED) is 0.431. The molecule has 1 saturated carbocycles. The van der Waals surface area contributed by atoms with Crippen LogP contribution >= 0.6 is 22.6 Å². The lowest BCUT2D eigenvalue weighted by Crippen LogP contribution is -2.38. The molecule has 20 heavy (non-hydrogen) atoms. The summed E-state index contributed by atoms with van der Waals surface area (Å²) in [4.78, 5) is 12.9. The van der Waals surface area contributed by atoms with Crippen molar-refractivity contribution in [2.75, 3.05) is 18.0 Å². The van der Waals surface area contributed by atoms with Crippen LogP contribution in [-0.2, 0) is 0 Å². The van der Waals surface area contributed by atoms with E-state index in [1.807, 2.05) is 12.1 Å². The number of piperidine rings is 1. The minimum Gasteiger partial charge on any atom is -0.371 e. The Morgan fingerprint density at radius 3 is 2.35 bits per heavy atom. The summed E-state index contributed by atoms with van der Waals surface area (Å²) in [5, 5.41) is 10.9. The Kier molecular flexibility index (Phi) is 3.88. The van der Waals surface area contributed by atoms with Gasteiger partial charge in [0.05, 0.1) is 8.49 Å². The Balaban J connectivity index is 1.72. The largest absolute Gasteiger partial charge is 0.371 e. The van der Waals surface area contributed by atoms with E-state index in [1.54, 1.807) is 6.07 Å². The average molecular weight is 386 g/mol. The lowest BCUT2D eigenvalue weighted by Gasteiger charge is -2.40. The van der Waals surface area contributed by atoms with Gasteiger partial charge in [0.15, 0.2) is 0 Å². The summed E-state index contributed by atoms with van der Waals surface area (Å²) in [6.07, 6.45) is 8.16. The third-order valence-corrected chi connectivity index (χ3v) is 5.85. The van der Waals surface area contributed by atoms with E-state index in [9.17, 15) is 10.1 Å². The van der Waals surface area contributed by atoms with Crippen LogP contribution in [0.3, 0.4) is 0 Å². The van der Waals surface area contributed by atoms with E-state index in [2.05, 4.69) is 27.5 Å². The lowest BCUT2D eigenvalue weighted by atomic mass is 9.77. The zero-order valence-corrected chi connectivity index (χ0v) is 13.6. The smallest absolute Gasteiger partial charge is 0.282 e. The molecule has 3 rings (SSSR count). The van der Waals surface area contributed by atoms with Gasteiger partial charge in [-0.3, -0.25) is 10.1 Å². The highest BCUT2D eigenvalue weighted by Gasteiger charge is 2.37. The van der Waals surface area contributed by atoms with Crippen molar-refractivity contribution in [3.8, 4) is 0 Å². The molecule has 5 heteroatoms. The van der Waals surface area contributed by atoms with Crippen molar-refractivity contribution in [3.05, 3.63) is 31.9 Å². The standard InChI is InChI=1S/C15H19IN2O2/c16-13-11-12(3-4-14(13)18(19)20)17-9-7-15(8-10-17)5-1-2-6-15/h3-4,11H,1-2,5-10H2. The van der Waals surface area contributed by atoms with Gasteiger partial charge >= 0.3 is 0 Å². The van der Waals surface area contributed by atoms with Crippen molar-refractivity contribution in [2.45, 2.75) is 38.5 Å². The second-order valence-corrected chi connectivity index (χ2v) is 7.25. The molecule has 1 aromatic rings. The molecule has 1 spiro atoms. The molecule has 2 fully saturated rings. The summed E-state index contributed by atoms with van der Waals surface area (Å²) in [6.45, 7) is 2.18. The zero-order valence-electron chi connectivity index (χ0n) is 11.5. The third kappa shape index (κ3) is 2.64. The van der Waals surface area contributed by atoms with Gasteiger partial charge in [0, 0.05) is 24.8 Å². The van der Waals surface area contributed by atoms with Gasteiger partial charge in [0.25, 0.3) is 5.69 Å². The van der Waals surface area contributed by atoms with E-state index >= 15 is 0 Å². The van der Waals surface area contributed by atoms with Crippen LogP contribution < -0.4 is 4.90 Å². The lowest BCUT2D eigenvalue weighted by molar-refractivity contribution is -0.385. The molecule has 0 aromatic heterocycles. The Morgan fingerprint density at radius 1 is 1.15 bits per heavy atom. The molecule has 0 radical (unpaired) electrons. The number of halogens is 1. The maximum Gasteiger partial charge on any atom is 0.282 e. The van der Waals surface area contributed by atoms with Crippen LogP contribution in [0.4, 0.5) is 11.4 Å². The molecule has 1 aliphatic carbocycles. The van der Waals surface area contributed by atoms with Crippen LogP contribution in [0.5, 0.6) is 0 Å². The monoisotopic (exact) mass is 386 g/mol. The van der Waals surface area contributed by atoms with E-state index in [4.69, 9.17) is 0 Å². The van der Waals surface area contributed by atoms with Crippen molar-refractivity contribution in [3.63, 3.8) is 0 Å². The molecule has 1 aromatic carbocycles. The van der Waals surface area contributed by atoms with E-state index < -0.39 is 0 Å². The summed E-state index contributed by atoms with van der Waals surface area (Å²) in [5.74, 6) is 0. The number of benzene rings is 1. The van der Waals surface area contributed by atoms with Crippen LogP contribution in [0.15, 0.2) is 18.2 Å². The van der Waals surface area contributed by atoms with Gasteiger partial charge in [0.2, 0.25) is 0 Å². The summed E-state index contributed by atoms with van der Waals surface area (Å²) >= 11 is 2.06. The van der Waals surface area contributed by atoms with Crippen LogP contribution in [-0.4, -0.2) is 18.0 Å². The highest BCUT2D eigenvalue weighted by atomic mass is 127.